The van der Waals surface area contributed by atoms with E-state index < -0.39 is 5.60 Å². The van der Waals surface area contributed by atoms with Crippen LogP contribution in [0.1, 0.15) is 55.7 Å². The number of likely N-dealkylation sites (tertiary alicyclic amines) is 1. The van der Waals surface area contributed by atoms with Gasteiger partial charge in [0.15, 0.2) is 0 Å². The first-order chi connectivity index (χ1) is 11.5. The van der Waals surface area contributed by atoms with Gasteiger partial charge in [-0.15, -0.1) is 0 Å². The molecule has 24 heavy (non-hydrogen) atoms. The molecule has 0 aliphatic carbocycles. The van der Waals surface area contributed by atoms with Crippen LogP contribution >= 0.6 is 0 Å². The highest BCUT2D eigenvalue weighted by Gasteiger charge is 2.48. The van der Waals surface area contributed by atoms with Crippen molar-refractivity contribution >= 4 is 12.0 Å². The quantitative estimate of drug-likeness (QED) is 0.916. The molecule has 1 spiro atoms. The highest BCUT2D eigenvalue weighted by molar-refractivity contribution is 5.93. The maximum Gasteiger partial charge on any atom is 0.410 e. The maximum absolute atomic E-state index is 12.5. The van der Waals surface area contributed by atoms with E-state index in [4.69, 9.17) is 4.74 Å². The summed E-state index contributed by atoms with van der Waals surface area (Å²) in [6, 6.07) is 0.202. The van der Waals surface area contributed by atoms with Gasteiger partial charge in [0.2, 0.25) is 0 Å². The maximum atomic E-state index is 12.5. The van der Waals surface area contributed by atoms with E-state index in [-0.39, 0.29) is 18.0 Å². The van der Waals surface area contributed by atoms with Crippen LogP contribution in [0.5, 0.6) is 0 Å². The first-order valence-electron chi connectivity index (χ1n) is 8.74. The summed E-state index contributed by atoms with van der Waals surface area (Å²) in [7, 11) is 0. The molecule has 2 amide bonds. The predicted octanol–water partition coefficient (Wildman–Crippen LogP) is 2.33. The Morgan fingerprint density at radius 3 is 2.75 bits per heavy atom. The predicted molar refractivity (Wildman–Crippen MR) is 88.8 cm³/mol. The van der Waals surface area contributed by atoms with E-state index in [1.807, 2.05) is 11.8 Å². The van der Waals surface area contributed by atoms with E-state index in [1.54, 1.807) is 11.2 Å². The number of aryl methyl sites for hydroxylation is 1. The zero-order chi connectivity index (χ0) is 17.3. The van der Waals surface area contributed by atoms with Gasteiger partial charge in [0, 0.05) is 37.7 Å². The molecule has 0 radical (unpaired) electrons. The third kappa shape index (κ3) is 2.99. The molecular weight excluding hydrogens is 308 g/mol. The van der Waals surface area contributed by atoms with E-state index in [9.17, 15) is 9.59 Å². The number of nitrogens with one attached hydrogen (secondary N) is 1. The van der Waals surface area contributed by atoms with Crippen molar-refractivity contribution in [2.75, 3.05) is 19.6 Å². The average molecular weight is 334 g/mol. The van der Waals surface area contributed by atoms with Crippen molar-refractivity contribution in [1.29, 1.82) is 0 Å². The lowest BCUT2D eigenvalue weighted by Crippen LogP contribution is -2.49. The van der Waals surface area contributed by atoms with Gasteiger partial charge in [-0.25, -0.2) is 9.78 Å². The molecule has 2 aliphatic heterocycles. The smallest absolute Gasteiger partial charge is 0.410 e. The normalized spacial score (nSPS) is 21.2. The van der Waals surface area contributed by atoms with Crippen LogP contribution in [0.2, 0.25) is 0 Å². The zero-order valence-electron chi connectivity index (χ0n) is 14.7. The second-order valence-electron chi connectivity index (χ2n) is 6.98. The number of imidazole rings is 1. The minimum Gasteiger partial charge on any atom is -0.441 e. The zero-order valence-corrected chi connectivity index (χ0v) is 14.7. The molecule has 2 aliphatic rings. The molecule has 132 valence electrons. The van der Waals surface area contributed by atoms with Crippen molar-refractivity contribution in [1.82, 2.24) is 19.8 Å². The summed E-state index contributed by atoms with van der Waals surface area (Å²) < 4.78 is 5.74. The first kappa shape index (κ1) is 16.8. The Hall–Kier alpha value is -2.05. The van der Waals surface area contributed by atoms with Crippen LogP contribution in [0.3, 0.4) is 0 Å². The number of aromatic nitrogens is 2. The van der Waals surface area contributed by atoms with Crippen molar-refractivity contribution in [2.45, 2.75) is 58.1 Å². The lowest BCUT2D eigenvalue weighted by Gasteiger charge is -2.37. The minimum atomic E-state index is -0.434. The number of amides is 2. The Morgan fingerprint density at radius 1 is 1.46 bits per heavy atom. The molecule has 1 N–H and O–H groups in total. The topological polar surface area (TPSA) is 78.5 Å². The van der Waals surface area contributed by atoms with Crippen LogP contribution < -0.4 is 0 Å². The number of H-pyrrole nitrogens is 1. The third-order valence-corrected chi connectivity index (χ3v) is 5.23. The van der Waals surface area contributed by atoms with Crippen molar-refractivity contribution in [3.63, 3.8) is 0 Å². The van der Waals surface area contributed by atoms with Crippen molar-refractivity contribution in [2.24, 2.45) is 0 Å². The van der Waals surface area contributed by atoms with Gasteiger partial charge in [-0.1, -0.05) is 13.3 Å². The molecule has 1 aromatic heterocycles. The average Bonchev–Trinajstić information content (AvgIpc) is 3.11. The Kier molecular flexibility index (Phi) is 4.51. The Balaban J connectivity index is 1.62. The fourth-order valence-electron chi connectivity index (χ4n) is 3.66. The Labute approximate surface area is 142 Å². The molecular formula is C17H26N4O3. The molecule has 1 atom stereocenters. The summed E-state index contributed by atoms with van der Waals surface area (Å²) in [5, 5.41) is 0. The van der Waals surface area contributed by atoms with Gasteiger partial charge in [-0.05, 0) is 20.3 Å². The van der Waals surface area contributed by atoms with Crippen molar-refractivity contribution < 1.29 is 14.3 Å². The SMILES string of the molecule is CCCC(C)N1CC2(CCN(C(=O)c3nc[nH]c3C)CC2)OC1=O. The summed E-state index contributed by atoms with van der Waals surface area (Å²) in [4.78, 5) is 35.5. The Bertz CT molecular complexity index is 619. The summed E-state index contributed by atoms with van der Waals surface area (Å²) in [5.74, 6) is -0.0517. The van der Waals surface area contributed by atoms with Crippen LogP contribution in [-0.2, 0) is 4.74 Å². The standard InChI is InChI=1S/C17H26N4O3/c1-4-5-12(2)21-10-17(24-16(21)23)6-8-20(9-7-17)15(22)14-13(3)18-11-19-14/h11-12H,4-10H2,1-3H3,(H,18,19). The van der Waals surface area contributed by atoms with E-state index in [1.165, 1.54) is 0 Å². The number of carbonyl (C=O) groups excluding carboxylic acids is 2. The van der Waals surface area contributed by atoms with Crippen molar-refractivity contribution in [3.8, 4) is 0 Å². The molecule has 7 nitrogen and oxygen atoms in total. The van der Waals surface area contributed by atoms with Crippen LogP contribution in [0, 0.1) is 6.92 Å². The summed E-state index contributed by atoms with van der Waals surface area (Å²) in [6.07, 6.45) is 4.72. The number of hydrogen-bond acceptors (Lipinski definition) is 4. The van der Waals surface area contributed by atoms with Crippen LogP contribution in [0.25, 0.3) is 0 Å². The van der Waals surface area contributed by atoms with E-state index in [2.05, 4.69) is 23.8 Å². The van der Waals surface area contributed by atoms with Gasteiger partial charge >= 0.3 is 6.09 Å². The van der Waals surface area contributed by atoms with Crippen LogP contribution in [0.4, 0.5) is 4.79 Å². The third-order valence-electron chi connectivity index (χ3n) is 5.23. The summed E-state index contributed by atoms with van der Waals surface area (Å²) >= 11 is 0. The number of rotatable bonds is 4. The van der Waals surface area contributed by atoms with Gasteiger partial charge < -0.3 is 19.5 Å². The van der Waals surface area contributed by atoms with E-state index in [0.29, 0.717) is 38.2 Å². The number of aromatic amines is 1. The second-order valence-corrected chi connectivity index (χ2v) is 6.98. The van der Waals surface area contributed by atoms with Crippen LogP contribution in [-0.4, -0.2) is 63.0 Å². The first-order valence-corrected chi connectivity index (χ1v) is 8.74. The number of ether oxygens (including phenoxy) is 1. The van der Waals surface area contributed by atoms with Gasteiger partial charge in [-0.3, -0.25) is 4.79 Å². The number of piperidine rings is 1. The molecule has 2 fully saturated rings. The lowest BCUT2D eigenvalue weighted by atomic mass is 9.90. The fourth-order valence-corrected chi connectivity index (χ4v) is 3.66. The lowest BCUT2D eigenvalue weighted by molar-refractivity contribution is 0.00289. The fraction of sp³-hybridized carbons (Fsp3) is 0.706. The molecule has 1 aromatic rings. The molecule has 0 bridgehead atoms. The molecule has 0 aromatic carbocycles. The highest BCUT2D eigenvalue weighted by Crippen LogP contribution is 2.35. The number of hydrogen-bond donors (Lipinski definition) is 1. The van der Waals surface area contributed by atoms with E-state index >= 15 is 0 Å². The largest absolute Gasteiger partial charge is 0.441 e. The minimum absolute atomic E-state index is 0.0517. The molecule has 1 unspecified atom stereocenters. The second kappa shape index (κ2) is 6.45. The van der Waals surface area contributed by atoms with Crippen LogP contribution in [0.15, 0.2) is 6.33 Å². The van der Waals surface area contributed by atoms with Gasteiger partial charge in [0.05, 0.1) is 12.9 Å². The van der Waals surface area contributed by atoms with E-state index in [0.717, 1.165) is 18.5 Å². The van der Waals surface area contributed by atoms with Crippen molar-refractivity contribution in [3.05, 3.63) is 17.7 Å². The highest BCUT2D eigenvalue weighted by atomic mass is 16.6. The summed E-state index contributed by atoms with van der Waals surface area (Å²) in [5.41, 5.74) is 0.830. The molecule has 0 saturated carbocycles. The summed E-state index contributed by atoms with van der Waals surface area (Å²) in [6.45, 7) is 7.86. The number of nitrogens with zero attached hydrogens (tertiary/aromatic N) is 3. The molecule has 3 heterocycles. The van der Waals surface area contributed by atoms with Gasteiger partial charge in [0.1, 0.15) is 11.3 Å². The number of carbonyl (C=O) groups is 2. The monoisotopic (exact) mass is 334 g/mol. The van der Waals surface area contributed by atoms with Gasteiger partial charge in [-0.2, -0.15) is 0 Å². The Morgan fingerprint density at radius 2 is 2.17 bits per heavy atom. The molecule has 7 heteroatoms. The molecule has 3 rings (SSSR count). The van der Waals surface area contributed by atoms with Gasteiger partial charge in [0.25, 0.3) is 5.91 Å². The molecule has 2 saturated heterocycles.